The van der Waals surface area contributed by atoms with Crippen molar-refractivity contribution in [3.05, 3.63) is 0 Å². The number of nitrogens with zero attached hydrogens (tertiary/aromatic N) is 1. The monoisotopic (exact) mass is 296 g/mol. The predicted octanol–water partition coefficient (Wildman–Crippen LogP) is 2.71. The van der Waals surface area contributed by atoms with Crippen LogP contribution in [-0.4, -0.2) is 40.6 Å². The number of carboxylic acid groups (broad SMARTS) is 1. The smallest absolute Gasteiger partial charge is 0.326 e. The molecule has 120 valence electrons. The molecule has 21 heavy (non-hydrogen) atoms. The molecule has 1 aliphatic heterocycles. The van der Waals surface area contributed by atoms with E-state index in [0.29, 0.717) is 30.7 Å². The number of amides is 2. The minimum atomic E-state index is -0.887. The Morgan fingerprint density at radius 3 is 2.38 bits per heavy atom. The average molecular weight is 296 g/mol. The van der Waals surface area contributed by atoms with Crippen LogP contribution >= 0.6 is 0 Å². The summed E-state index contributed by atoms with van der Waals surface area (Å²) in [6.45, 7) is 7.08. The molecule has 2 rings (SSSR count). The Labute approximate surface area is 127 Å². The van der Waals surface area contributed by atoms with Crippen molar-refractivity contribution in [3.8, 4) is 0 Å². The van der Waals surface area contributed by atoms with Crippen molar-refractivity contribution < 1.29 is 14.7 Å². The molecule has 5 nitrogen and oxygen atoms in total. The number of hydrogen-bond donors (Lipinski definition) is 2. The first-order chi connectivity index (χ1) is 9.88. The van der Waals surface area contributed by atoms with Crippen molar-refractivity contribution in [1.29, 1.82) is 0 Å². The molecule has 2 aliphatic rings. The number of piperidine rings is 1. The fourth-order valence-corrected chi connectivity index (χ4v) is 3.55. The van der Waals surface area contributed by atoms with E-state index in [1.165, 1.54) is 4.90 Å². The van der Waals surface area contributed by atoms with Gasteiger partial charge in [0.25, 0.3) is 0 Å². The number of carboxylic acids is 1. The van der Waals surface area contributed by atoms with E-state index >= 15 is 0 Å². The maximum Gasteiger partial charge on any atom is 0.326 e. The van der Waals surface area contributed by atoms with Gasteiger partial charge >= 0.3 is 12.0 Å². The topological polar surface area (TPSA) is 69.6 Å². The van der Waals surface area contributed by atoms with Gasteiger partial charge in [0, 0.05) is 12.6 Å². The third-order valence-corrected chi connectivity index (χ3v) is 5.34. The van der Waals surface area contributed by atoms with Gasteiger partial charge in [-0.15, -0.1) is 0 Å². The highest BCUT2D eigenvalue weighted by Gasteiger charge is 2.36. The van der Waals surface area contributed by atoms with Gasteiger partial charge in [0.1, 0.15) is 6.04 Å². The number of urea groups is 1. The lowest BCUT2D eigenvalue weighted by Crippen LogP contribution is -2.55. The molecule has 1 saturated carbocycles. The lowest BCUT2D eigenvalue weighted by Gasteiger charge is -2.38. The van der Waals surface area contributed by atoms with Gasteiger partial charge in [0.05, 0.1) is 0 Å². The highest BCUT2D eigenvalue weighted by Crippen LogP contribution is 2.30. The molecule has 5 heteroatoms. The maximum absolute atomic E-state index is 12.4. The molecule has 2 N–H and O–H groups in total. The highest BCUT2D eigenvalue weighted by molar-refractivity contribution is 5.83. The van der Waals surface area contributed by atoms with Gasteiger partial charge in [-0.1, -0.05) is 20.8 Å². The summed E-state index contributed by atoms with van der Waals surface area (Å²) in [5.74, 6) is 0.800. The van der Waals surface area contributed by atoms with Crippen molar-refractivity contribution in [3.63, 3.8) is 0 Å². The molecule has 5 atom stereocenters. The van der Waals surface area contributed by atoms with E-state index in [1.807, 2.05) is 0 Å². The van der Waals surface area contributed by atoms with Crippen LogP contribution in [0.15, 0.2) is 0 Å². The van der Waals surface area contributed by atoms with Crippen molar-refractivity contribution >= 4 is 12.0 Å². The molecule has 1 aliphatic carbocycles. The second-order valence-electron chi connectivity index (χ2n) is 7.09. The fraction of sp³-hybridized carbons (Fsp3) is 0.875. The summed E-state index contributed by atoms with van der Waals surface area (Å²) in [5, 5.41) is 12.4. The molecule has 0 aromatic rings. The first-order valence-electron chi connectivity index (χ1n) is 8.18. The Hall–Kier alpha value is -1.26. The first kappa shape index (κ1) is 16.1. The van der Waals surface area contributed by atoms with Crippen LogP contribution in [0, 0.1) is 17.8 Å². The summed E-state index contributed by atoms with van der Waals surface area (Å²) in [5.41, 5.74) is 0. The van der Waals surface area contributed by atoms with Crippen molar-refractivity contribution in [2.75, 3.05) is 6.54 Å². The zero-order chi connectivity index (χ0) is 15.6. The van der Waals surface area contributed by atoms with Crippen LogP contribution in [0.3, 0.4) is 0 Å². The Balaban J connectivity index is 1.94. The van der Waals surface area contributed by atoms with Gasteiger partial charge in [0.15, 0.2) is 0 Å². The molecule has 2 amide bonds. The van der Waals surface area contributed by atoms with E-state index in [2.05, 4.69) is 26.1 Å². The molecule has 0 bridgehead atoms. The lowest BCUT2D eigenvalue weighted by molar-refractivity contribution is -0.143. The summed E-state index contributed by atoms with van der Waals surface area (Å²) < 4.78 is 0. The lowest BCUT2D eigenvalue weighted by atomic mass is 9.79. The van der Waals surface area contributed by atoms with Crippen molar-refractivity contribution in [2.45, 2.75) is 65.0 Å². The van der Waals surface area contributed by atoms with Gasteiger partial charge in [-0.3, -0.25) is 0 Å². The van der Waals surface area contributed by atoms with Gasteiger partial charge < -0.3 is 15.3 Å². The minimum Gasteiger partial charge on any atom is -0.480 e. The molecular formula is C16H28N2O3. The van der Waals surface area contributed by atoms with Gasteiger partial charge in [-0.25, -0.2) is 9.59 Å². The van der Waals surface area contributed by atoms with Gasteiger partial charge in [-0.05, 0) is 49.9 Å². The Morgan fingerprint density at radius 2 is 1.76 bits per heavy atom. The number of likely N-dealkylation sites (tertiary alicyclic amines) is 1. The Morgan fingerprint density at radius 1 is 1.05 bits per heavy atom. The van der Waals surface area contributed by atoms with Crippen LogP contribution < -0.4 is 5.32 Å². The van der Waals surface area contributed by atoms with Gasteiger partial charge in [0.2, 0.25) is 0 Å². The van der Waals surface area contributed by atoms with E-state index in [1.54, 1.807) is 0 Å². The molecule has 0 aromatic heterocycles. The van der Waals surface area contributed by atoms with E-state index < -0.39 is 12.0 Å². The summed E-state index contributed by atoms with van der Waals surface area (Å²) in [6.07, 6.45) is 4.57. The second kappa shape index (κ2) is 6.67. The normalized spacial score (nSPS) is 37.1. The second-order valence-corrected chi connectivity index (χ2v) is 7.09. The number of rotatable bonds is 2. The number of hydrogen-bond acceptors (Lipinski definition) is 2. The quantitative estimate of drug-likeness (QED) is 0.823. The zero-order valence-electron chi connectivity index (χ0n) is 13.3. The summed E-state index contributed by atoms with van der Waals surface area (Å²) in [7, 11) is 0. The van der Waals surface area contributed by atoms with E-state index in [4.69, 9.17) is 0 Å². The van der Waals surface area contributed by atoms with Crippen LogP contribution in [0.4, 0.5) is 4.79 Å². The number of carbonyl (C=O) groups is 2. The molecule has 1 saturated heterocycles. The molecule has 0 aromatic carbocycles. The van der Waals surface area contributed by atoms with Crippen LogP contribution in [-0.2, 0) is 4.79 Å². The average Bonchev–Trinajstić information content (AvgIpc) is 2.42. The molecular weight excluding hydrogens is 268 g/mol. The Kier molecular flexibility index (Phi) is 5.12. The van der Waals surface area contributed by atoms with Crippen LogP contribution in [0.1, 0.15) is 52.9 Å². The molecule has 0 spiro atoms. The minimum absolute atomic E-state index is 0.192. The van der Waals surface area contributed by atoms with E-state index in [9.17, 15) is 14.7 Å². The largest absolute Gasteiger partial charge is 0.480 e. The fourth-order valence-electron chi connectivity index (χ4n) is 3.55. The molecule has 2 fully saturated rings. The summed E-state index contributed by atoms with van der Waals surface area (Å²) in [6, 6.07) is -0.674. The number of carbonyl (C=O) groups excluding carboxylic acids is 1. The predicted molar refractivity (Wildman–Crippen MR) is 81.0 cm³/mol. The number of nitrogens with one attached hydrogen (secondary N) is 1. The first-order valence-corrected chi connectivity index (χ1v) is 8.18. The van der Waals surface area contributed by atoms with Crippen LogP contribution in [0.2, 0.25) is 0 Å². The Bertz CT molecular complexity index is 399. The van der Waals surface area contributed by atoms with Crippen molar-refractivity contribution in [1.82, 2.24) is 10.2 Å². The van der Waals surface area contributed by atoms with E-state index in [0.717, 1.165) is 25.7 Å². The third kappa shape index (κ3) is 3.89. The van der Waals surface area contributed by atoms with Crippen LogP contribution in [0.25, 0.3) is 0 Å². The highest BCUT2D eigenvalue weighted by atomic mass is 16.4. The summed E-state index contributed by atoms with van der Waals surface area (Å²) in [4.78, 5) is 25.3. The summed E-state index contributed by atoms with van der Waals surface area (Å²) >= 11 is 0. The maximum atomic E-state index is 12.4. The standard InChI is InChI=1S/C16H28N2O3/c1-10-6-7-18(14(8-10)15(19)20)16(21)17-13-5-4-11(2)12(3)9-13/h10-14H,4-9H2,1-3H3,(H,17,21)(H,19,20). The third-order valence-electron chi connectivity index (χ3n) is 5.34. The molecule has 0 radical (unpaired) electrons. The van der Waals surface area contributed by atoms with Gasteiger partial charge in [-0.2, -0.15) is 0 Å². The van der Waals surface area contributed by atoms with E-state index in [-0.39, 0.29) is 12.1 Å². The van der Waals surface area contributed by atoms with Crippen molar-refractivity contribution in [2.24, 2.45) is 17.8 Å². The molecule has 5 unspecified atom stereocenters. The SMILES string of the molecule is CC1CCN(C(=O)NC2CCC(C)C(C)C2)C(C(=O)O)C1. The number of aliphatic carboxylic acids is 1. The zero-order valence-corrected chi connectivity index (χ0v) is 13.3. The molecule has 1 heterocycles. The van der Waals surface area contributed by atoms with Crippen LogP contribution in [0.5, 0.6) is 0 Å².